The second-order valence-electron chi connectivity index (χ2n) is 7.14. The maximum atomic E-state index is 12.5. The molecule has 4 N–H and O–H groups in total. The smallest absolute Gasteiger partial charge is 0.292 e. The second-order valence-corrected chi connectivity index (χ2v) is 9.64. The van der Waals surface area contributed by atoms with E-state index in [0.29, 0.717) is 43.4 Å². The molecule has 1 aromatic carbocycles. The van der Waals surface area contributed by atoms with E-state index in [-0.39, 0.29) is 17.5 Å². The number of nitrogens with two attached hydrogens (primary N) is 1. The van der Waals surface area contributed by atoms with Gasteiger partial charge in [-0.25, -0.2) is 8.42 Å². The Kier molecular flexibility index (Phi) is 7.76. The number of nitrogens with one attached hydrogen (secondary N) is 2. The van der Waals surface area contributed by atoms with Crippen LogP contribution in [-0.2, 0) is 10.0 Å². The van der Waals surface area contributed by atoms with Gasteiger partial charge in [-0.1, -0.05) is 18.5 Å². The molecule has 0 saturated carbocycles. The maximum Gasteiger partial charge on any atom is 0.292 e. The number of hydrogen-bond acceptors (Lipinski definition) is 8. The van der Waals surface area contributed by atoms with Gasteiger partial charge in [-0.3, -0.25) is 4.79 Å². The summed E-state index contributed by atoms with van der Waals surface area (Å²) in [5.74, 6) is -0.399. The molecule has 0 spiro atoms. The molecule has 0 bridgehead atoms. The molecule has 2 heterocycles. The summed E-state index contributed by atoms with van der Waals surface area (Å²) in [6.45, 7) is 5.18. The van der Waals surface area contributed by atoms with Crippen LogP contribution in [0.5, 0.6) is 0 Å². The van der Waals surface area contributed by atoms with Gasteiger partial charge in [-0.15, -0.1) is 0 Å². The second kappa shape index (κ2) is 10.3. The van der Waals surface area contributed by atoms with Crippen LogP contribution in [0.25, 0.3) is 0 Å². The Morgan fingerprint density at radius 1 is 1.26 bits per heavy atom. The summed E-state index contributed by atoms with van der Waals surface area (Å²) in [7, 11) is -3.29. The summed E-state index contributed by atoms with van der Waals surface area (Å²) in [4.78, 5) is 18.2. The van der Waals surface area contributed by atoms with Crippen molar-refractivity contribution in [1.82, 2.24) is 14.6 Å². The molecular formula is C19H27ClN6O4S. The lowest BCUT2D eigenvalue weighted by atomic mass is 10.2. The highest BCUT2D eigenvalue weighted by atomic mass is 35.5. The number of halogens is 1. The van der Waals surface area contributed by atoms with Crippen LogP contribution >= 0.6 is 11.6 Å². The maximum absolute atomic E-state index is 12.5. The Bertz CT molecular complexity index is 1000. The minimum Gasteiger partial charge on any atom is -0.431 e. The summed E-state index contributed by atoms with van der Waals surface area (Å²) in [6.07, 6.45) is 2.13. The molecule has 12 heteroatoms. The monoisotopic (exact) mass is 470 g/mol. The predicted octanol–water partition coefficient (Wildman–Crippen LogP) is 1.61. The zero-order chi connectivity index (χ0) is 22.4. The highest BCUT2D eigenvalue weighted by Crippen LogP contribution is 2.29. The molecule has 170 valence electrons. The molecule has 0 aliphatic carbocycles. The number of aromatic nitrogens is 1. The Morgan fingerprint density at radius 3 is 2.65 bits per heavy atom. The number of hydrogen-bond donors (Lipinski definition) is 3. The summed E-state index contributed by atoms with van der Waals surface area (Å²) in [6, 6.07) is 5.18. The third-order valence-corrected chi connectivity index (χ3v) is 7.12. The van der Waals surface area contributed by atoms with Gasteiger partial charge in [-0.2, -0.15) is 9.29 Å². The predicted molar refractivity (Wildman–Crippen MR) is 121 cm³/mol. The Balaban J connectivity index is 1.60. The van der Waals surface area contributed by atoms with E-state index in [2.05, 4.69) is 20.5 Å². The van der Waals surface area contributed by atoms with Gasteiger partial charge in [0.25, 0.3) is 11.9 Å². The van der Waals surface area contributed by atoms with Crippen molar-refractivity contribution in [2.45, 2.75) is 13.3 Å². The zero-order valence-corrected chi connectivity index (χ0v) is 18.9. The standard InChI is InChI=1S/C19H27ClN6O4S/c1-2-5-22-6-11-31(28,29)26-9-7-25(8-10-26)14-3-4-15(20)16(12-14)23-18(27)17-13-30-19(21)24-17/h3-4,12-13,22H,2,5-11H2,1H3,(H2,21,24)(H,23,27). The lowest BCUT2D eigenvalue weighted by molar-refractivity contribution is 0.102. The highest BCUT2D eigenvalue weighted by molar-refractivity contribution is 7.89. The number of sulfonamides is 1. The SMILES string of the molecule is CCCNCCS(=O)(=O)N1CCN(c2ccc(Cl)c(NC(=O)c3coc(N)n3)c2)CC1. The molecule has 1 saturated heterocycles. The molecule has 0 radical (unpaired) electrons. The number of oxazole rings is 1. The van der Waals surface area contributed by atoms with E-state index in [1.807, 2.05) is 13.0 Å². The van der Waals surface area contributed by atoms with Gasteiger partial charge >= 0.3 is 0 Å². The van der Waals surface area contributed by atoms with Gasteiger partial charge < -0.3 is 25.7 Å². The van der Waals surface area contributed by atoms with Gasteiger partial charge in [0, 0.05) is 38.4 Å². The molecule has 1 aliphatic rings. The van der Waals surface area contributed by atoms with E-state index in [1.165, 1.54) is 10.6 Å². The molecule has 1 fully saturated rings. The first kappa shape index (κ1) is 23.3. The van der Waals surface area contributed by atoms with Crippen molar-refractivity contribution in [3.8, 4) is 0 Å². The third kappa shape index (κ3) is 6.10. The van der Waals surface area contributed by atoms with Crippen LogP contribution in [-0.4, -0.2) is 68.6 Å². The van der Waals surface area contributed by atoms with E-state index >= 15 is 0 Å². The van der Waals surface area contributed by atoms with E-state index in [0.717, 1.165) is 18.7 Å². The Labute approximate surface area is 186 Å². The van der Waals surface area contributed by atoms with Crippen molar-refractivity contribution < 1.29 is 17.6 Å². The zero-order valence-electron chi connectivity index (χ0n) is 17.3. The number of piperazine rings is 1. The van der Waals surface area contributed by atoms with Gasteiger partial charge in [0.15, 0.2) is 5.69 Å². The van der Waals surface area contributed by atoms with Crippen molar-refractivity contribution in [1.29, 1.82) is 0 Å². The van der Waals surface area contributed by atoms with Gasteiger partial charge in [0.05, 0.1) is 16.5 Å². The summed E-state index contributed by atoms with van der Waals surface area (Å²) < 4.78 is 31.4. The minimum absolute atomic E-state index is 0.0474. The van der Waals surface area contributed by atoms with E-state index < -0.39 is 15.9 Å². The van der Waals surface area contributed by atoms with Gasteiger partial charge in [-0.05, 0) is 31.2 Å². The molecular weight excluding hydrogens is 444 g/mol. The van der Waals surface area contributed by atoms with Crippen molar-refractivity contribution in [3.63, 3.8) is 0 Å². The van der Waals surface area contributed by atoms with Crippen LogP contribution in [0.15, 0.2) is 28.9 Å². The number of anilines is 3. The molecule has 1 aliphatic heterocycles. The largest absolute Gasteiger partial charge is 0.431 e. The lowest BCUT2D eigenvalue weighted by Crippen LogP contribution is -2.50. The van der Waals surface area contributed by atoms with Crippen molar-refractivity contribution in [2.75, 3.05) is 61.0 Å². The number of rotatable bonds is 9. The first-order valence-corrected chi connectivity index (χ1v) is 12.0. The van der Waals surface area contributed by atoms with Crippen LogP contribution in [0.4, 0.5) is 17.4 Å². The van der Waals surface area contributed by atoms with Crippen LogP contribution in [0.2, 0.25) is 5.02 Å². The number of amides is 1. The Hall–Kier alpha value is -2.34. The van der Waals surface area contributed by atoms with E-state index in [9.17, 15) is 13.2 Å². The normalized spacial score (nSPS) is 15.2. The van der Waals surface area contributed by atoms with E-state index in [1.54, 1.807) is 12.1 Å². The first-order chi connectivity index (χ1) is 14.8. The molecule has 10 nitrogen and oxygen atoms in total. The molecule has 1 aromatic heterocycles. The average molecular weight is 471 g/mol. The molecule has 2 aromatic rings. The summed E-state index contributed by atoms with van der Waals surface area (Å²) in [5.41, 5.74) is 6.70. The molecule has 3 rings (SSSR count). The number of carbonyl (C=O) groups excluding carboxylic acids is 1. The fourth-order valence-electron chi connectivity index (χ4n) is 3.24. The quantitative estimate of drug-likeness (QED) is 0.470. The highest BCUT2D eigenvalue weighted by Gasteiger charge is 2.27. The number of benzene rings is 1. The summed E-state index contributed by atoms with van der Waals surface area (Å²) in [5, 5.41) is 6.19. The molecule has 1 amide bonds. The van der Waals surface area contributed by atoms with Crippen molar-refractivity contribution >= 4 is 44.9 Å². The van der Waals surface area contributed by atoms with Crippen LogP contribution in [0, 0.1) is 0 Å². The van der Waals surface area contributed by atoms with Crippen LogP contribution < -0.4 is 21.3 Å². The number of carbonyl (C=O) groups is 1. The third-order valence-electron chi connectivity index (χ3n) is 4.91. The van der Waals surface area contributed by atoms with Crippen molar-refractivity contribution in [2.24, 2.45) is 0 Å². The van der Waals surface area contributed by atoms with Crippen molar-refractivity contribution in [3.05, 3.63) is 35.2 Å². The average Bonchev–Trinajstić information content (AvgIpc) is 3.19. The molecule has 0 atom stereocenters. The summed E-state index contributed by atoms with van der Waals surface area (Å²) >= 11 is 6.23. The molecule has 0 unspecified atom stereocenters. The topological polar surface area (TPSA) is 134 Å². The fraction of sp³-hybridized carbons (Fsp3) is 0.474. The molecule has 31 heavy (non-hydrogen) atoms. The van der Waals surface area contributed by atoms with Gasteiger partial charge in [0.1, 0.15) is 6.26 Å². The Morgan fingerprint density at radius 2 is 2.00 bits per heavy atom. The van der Waals surface area contributed by atoms with Crippen LogP contribution in [0.1, 0.15) is 23.8 Å². The lowest BCUT2D eigenvalue weighted by Gasteiger charge is -2.35. The minimum atomic E-state index is -3.29. The number of nitrogens with zero attached hydrogens (tertiary/aromatic N) is 3. The van der Waals surface area contributed by atoms with E-state index in [4.69, 9.17) is 21.8 Å². The van der Waals surface area contributed by atoms with Gasteiger partial charge in [0.2, 0.25) is 10.0 Å². The van der Waals surface area contributed by atoms with Crippen LogP contribution in [0.3, 0.4) is 0 Å². The first-order valence-electron chi connectivity index (χ1n) is 10.1. The fourth-order valence-corrected chi connectivity index (χ4v) is 4.79. The number of nitrogen functional groups attached to an aromatic ring is 1.